The van der Waals surface area contributed by atoms with Gasteiger partial charge in [0.2, 0.25) is 5.91 Å². The molecule has 0 rings (SSSR count). The van der Waals surface area contributed by atoms with Crippen LogP contribution in [0.15, 0.2) is 0 Å². The van der Waals surface area contributed by atoms with Gasteiger partial charge in [-0.3, -0.25) is 4.79 Å². The molecule has 0 heterocycles. The van der Waals surface area contributed by atoms with E-state index in [9.17, 15) is 14.4 Å². The van der Waals surface area contributed by atoms with Crippen molar-refractivity contribution >= 4 is 17.9 Å². The number of hydrogen-bond acceptors (Lipinski definition) is 3. The van der Waals surface area contributed by atoms with Crippen LogP contribution in [-0.4, -0.2) is 42.1 Å². The Labute approximate surface area is 113 Å². The highest BCUT2D eigenvalue weighted by atomic mass is 16.4. The van der Waals surface area contributed by atoms with Crippen molar-refractivity contribution < 1.29 is 19.5 Å². The van der Waals surface area contributed by atoms with Gasteiger partial charge in [0.1, 0.15) is 6.04 Å². The third-order valence-corrected chi connectivity index (χ3v) is 2.36. The fraction of sp³-hybridized carbons (Fsp3) is 0.750. The minimum absolute atomic E-state index is 0.140. The van der Waals surface area contributed by atoms with Gasteiger partial charge in [0.15, 0.2) is 0 Å². The average molecular weight is 273 g/mol. The maximum Gasteiger partial charge on any atom is 0.326 e. The zero-order valence-electron chi connectivity index (χ0n) is 11.7. The highest BCUT2D eigenvalue weighted by Crippen LogP contribution is 1.91. The quantitative estimate of drug-likeness (QED) is 0.510. The number of nitrogens with one attached hydrogen (secondary N) is 3. The number of carbonyl (C=O) groups is 3. The van der Waals surface area contributed by atoms with Gasteiger partial charge >= 0.3 is 12.0 Å². The lowest BCUT2D eigenvalue weighted by Gasteiger charge is -2.13. The Balaban J connectivity index is 3.79. The molecule has 0 saturated carbocycles. The number of carboxylic acid groups (broad SMARTS) is 1. The molecule has 7 heteroatoms. The maximum atomic E-state index is 11.3. The van der Waals surface area contributed by atoms with Crippen LogP contribution in [0, 0.1) is 5.92 Å². The second-order valence-corrected chi connectivity index (χ2v) is 4.65. The molecule has 0 aromatic carbocycles. The summed E-state index contributed by atoms with van der Waals surface area (Å²) in [6.45, 7) is 6.41. The largest absolute Gasteiger partial charge is 0.480 e. The molecule has 0 aromatic heterocycles. The number of carbonyl (C=O) groups excluding carboxylic acids is 2. The van der Waals surface area contributed by atoms with E-state index < -0.39 is 18.0 Å². The average Bonchev–Trinajstić information content (AvgIpc) is 2.33. The Kier molecular flexibility index (Phi) is 8.32. The van der Waals surface area contributed by atoms with Crippen LogP contribution in [0.2, 0.25) is 0 Å². The van der Waals surface area contributed by atoms with E-state index in [0.717, 1.165) is 0 Å². The van der Waals surface area contributed by atoms with Crippen LogP contribution in [0.5, 0.6) is 0 Å². The van der Waals surface area contributed by atoms with E-state index in [2.05, 4.69) is 16.0 Å². The molecular weight excluding hydrogens is 250 g/mol. The number of amides is 3. The third-order valence-electron chi connectivity index (χ3n) is 2.36. The molecule has 0 spiro atoms. The third kappa shape index (κ3) is 8.87. The molecule has 3 amide bonds. The van der Waals surface area contributed by atoms with E-state index >= 15 is 0 Å². The van der Waals surface area contributed by atoms with Gasteiger partial charge in [-0.2, -0.15) is 0 Å². The minimum atomic E-state index is -1.08. The molecule has 0 radical (unpaired) electrons. The molecule has 0 aromatic rings. The summed E-state index contributed by atoms with van der Waals surface area (Å²) in [6.07, 6.45) is 0.474. The Morgan fingerprint density at radius 3 is 2.26 bits per heavy atom. The number of hydrogen-bond donors (Lipinski definition) is 4. The Bertz CT molecular complexity index is 318. The molecule has 0 aliphatic heterocycles. The van der Waals surface area contributed by atoms with Crippen LogP contribution in [-0.2, 0) is 9.59 Å². The molecule has 1 atom stereocenters. The van der Waals surface area contributed by atoms with Crippen molar-refractivity contribution in [3.8, 4) is 0 Å². The van der Waals surface area contributed by atoms with Crippen LogP contribution in [0.3, 0.4) is 0 Å². The number of carboxylic acids is 1. The van der Waals surface area contributed by atoms with E-state index in [4.69, 9.17) is 5.11 Å². The Morgan fingerprint density at radius 1 is 1.16 bits per heavy atom. The van der Waals surface area contributed by atoms with Crippen molar-refractivity contribution in [3.05, 3.63) is 0 Å². The number of rotatable bonds is 8. The van der Waals surface area contributed by atoms with Crippen LogP contribution >= 0.6 is 0 Å². The van der Waals surface area contributed by atoms with Crippen LogP contribution in [0.4, 0.5) is 4.79 Å². The zero-order chi connectivity index (χ0) is 14.8. The molecule has 7 nitrogen and oxygen atoms in total. The van der Waals surface area contributed by atoms with Gasteiger partial charge in [-0.25, -0.2) is 9.59 Å². The van der Waals surface area contributed by atoms with Crippen molar-refractivity contribution in [2.75, 3.05) is 13.1 Å². The smallest absolute Gasteiger partial charge is 0.326 e. The van der Waals surface area contributed by atoms with Crippen molar-refractivity contribution in [3.63, 3.8) is 0 Å². The van der Waals surface area contributed by atoms with Crippen LogP contribution < -0.4 is 16.0 Å². The van der Waals surface area contributed by atoms with Gasteiger partial charge in [-0.1, -0.05) is 20.8 Å². The normalized spacial score (nSPS) is 11.8. The summed E-state index contributed by atoms with van der Waals surface area (Å²) in [5.74, 6) is -0.840. The lowest BCUT2D eigenvalue weighted by atomic mass is 10.2. The summed E-state index contributed by atoms with van der Waals surface area (Å²) in [7, 11) is 0. The van der Waals surface area contributed by atoms with Gasteiger partial charge < -0.3 is 21.1 Å². The molecule has 0 saturated heterocycles. The summed E-state index contributed by atoms with van der Waals surface area (Å²) < 4.78 is 0. The van der Waals surface area contributed by atoms with Crippen LogP contribution in [0.1, 0.15) is 33.6 Å². The first-order valence-electron chi connectivity index (χ1n) is 6.40. The number of urea groups is 1. The molecule has 0 unspecified atom stereocenters. The SMILES string of the molecule is CC[C@@H](NC(=O)NCCC(=O)NCC(C)C)C(=O)O. The first kappa shape index (κ1) is 17.2. The number of aliphatic carboxylic acids is 1. The van der Waals surface area contributed by atoms with E-state index in [-0.39, 0.29) is 18.9 Å². The molecule has 110 valence electrons. The van der Waals surface area contributed by atoms with Gasteiger partial charge in [-0.05, 0) is 12.3 Å². The molecule has 0 aliphatic rings. The predicted molar refractivity (Wildman–Crippen MR) is 70.7 cm³/mol. The minimum Gasteiger partial charge on any atom is -0.480 e. The fourth-order valence-electron chi connectivity index (χ4n) is 1.24. The van der Waals surface area contributed by atoms with Crippen LogP contribution in [0.25, 0.3) is 0 Å². The molecule has 0 aliphatic carbocycles. The lowest BCUT2D eigenvalue weighted by Crippen LogP contribution is -2.46. The maximum absolute atomic E-state index is 11.3. The monoisotopic (exact) mass is 273 g/mol. The Morgan fingerprint density at radius 2 is 1.79 bits per heavy atom. The lowest BCUT2D eigenvalue weighted by molar-refractivity contribution is -0.139. The van der Waals surface area contributed by atoms with Crippen molar-refractivity contribution in [1.29, 1.82) is 0 Å². The summed E-state index contributed by atoms with van der Waals surface area (Å²) in [4.78, 5) is 33.4. The van der Waals surface area contributed by atoms with Gasteiger partial charge in [-0.15, -0.1) is 0 Å². The standard InChI is InChI=1S/C12H23N3O4/c1-4-9(11(17)18)15-12(19)13-6-5-10(16)14-7-8(2)3/h8-9H,4-7H2,1-3H3,(H,14,16)(H,17,18)(H2,13,15,19)/t9-/m1/s1. The predicted octanol–water partition coefficient (Wildman–Crippen LogP) is 0.311. The molecule has 0 fully saturated rings. The van der Waals surface area contributed by atoms with Crippen molar-refractivity contribution in [1.82, 2.24) is 16.0 Å². The van der Waals surface area contributed by atoms with Gasteiger partial charge in [0.25, 0.3) is 0 Å². The van der Waals surface area contributed by atoms with Gasteiger partial charge in [0.05, 0.1) is 0 Å². The van der Waals surface area contributed by atoms with E-state index in [1.807, 2.05) is 13.8 Å². The second kappa shape index (κ2) is 9.18. The summed E-state index contributed by atoms with van der Waals surface area (Å²) in [5, 5.41) is 16.2. The van der Waals surface area contributed by atoms with Crippen molar-refractivity contribution in [2.45, 2.75) is 39.7 Å². The van der Waals surface area contributed by atoms with E-state index in [1.165, 1.54) is 0 Å². The molecule has 0 bridgehead atoms. The second-order valence-electron chi connectivity index (χ2n) is 4.65. The highest BCUT2D eigenvalue weighted by molar-refractivity contribution is 5.83. The highest BCUT2D eigenvalue weighted by Gasteiger charge is 2.17. The molecule has 19 heavy (non-hydrogen) atoms. The topological polar surface area (TPSA) is 108 Å². The molecular formula is C12H23N3O4. The fourth-order valence-corrected chi connectivity index (χ4v) is 1.24. The Hall–Kier alpha value is -1.79. The first-order chi connectivity index (χ1) is 8.86. The zero-order valence-corrected chi connectivity index (χ0v) is 11.7. The first-order valence-corrected chi connectivity index (χ1v) is 6.40. The summed E-state index contributed by atoms with van der Waals surface area (Å²) in [6, 6.07) is -1.49. The van der Waals surface area contributed by atoms with E-state index in [1.54, 1.807) is 6.92 Å². The summed E-state index contributed by atoms with van der Waals surface area (Å²) >= 11 is 0. The summed E-state index contributed by atoms with van der Waals surface area (Å²) in [5.41, 5.74) is 0. The van der Waals surface area contributed by atoms with Crippen molar-refractivity contribution in [2.24, 2.45) is 5.92 Å². The van der Waals surface area contributed by atoms with E-state index in [0.29, 0.717) is 18.9 Å². The van der Waals surface area contributed by atoms with Gasteiger partial charge in [0, 0.05) is 19.5 Å². The molecule has 4 N–H and O–H groups in total.